The van der Waals surface area contributed by atoms with Crippen molar-refractivity contribution in [2.24, 2.45) is 5.73 Å². The third kappa shape index (κ3) is 4.92. The second-order valence-electron chi connectivity index (χ2n) is 4.70. The van der Waals surface area contributed by atoms with E-state index < -0.39 is 10.0 Å². The van der Waals surface area contributed by atoms with Crippen molar-refractivity contribution in [1.82, 2.24) is 10.0 Å². The van der Waals surface area contributed by atoms with Gasteiger partial charge in [0, 0.05) is 18.2 Å². The van der Waals surface area contributed by atoms with Gasteiger partial charge in [0.2, 0.25) is 10.0 Å². The topological polar surface area (TPSA) is 101 Å². The summed E-state index contributed by atoms with van der Waals surface area (Å²) in [4.78, 5) is 11.9. The molecule has 0 aliphatic rings. The maximum absolute atomic E-state index is 12.0. The standard InChI is InChI=1S/C13H21N3O3S/c1-10(2)16-20(18,19)12-6-3-5-11(9-12)13(17)15-8-4-7-14/h3,5-6,9-10,16H,4,7-8,14H2,1-2H3,(H,15,17). The Morgan fingerprint density at radius 2 is 2.05 bits per heavy atom. The maximum atomic E-state index is 12.0. The molecule has 0 saturated carbocycles. The fraction of sp³-hybridized carbons (Fsp3) is 0.462. The second kappa shape index (κ2) is 7.37. The van der Waals surface area contributed by atoms with Crippen LogP contribution in [0.1, 0.15) is 30.6 Å². The third-order valence-electron chi connectivity index (χ3n) is 2.46. The van der Waals surface area contributed by atoms with E-state index in [4.69, 9.17) is 5.73 Å². The highest BCUT2D eigenvalue weighted by atomic mass is 32.2. The molecule has 1 aromatic rings. The van der Waals surface area contributed by atoms with Crippen LogP contribution in [0.5, 0.6) is 0 Å². The van der Waals surface area contributed by atoms with Crippen LogP contribution in [-0.4, -0.2) is 33.5 Å². The molecule has 0 fully saturated rings. The molecule has 7 heteroatoms. The van der Waals surface area contributed by atoms with E-state index in [0.717, 1.165) is 0 Å². The van der Waals surface area contributed by atoms with Crippen LogP contribution in [0, 0.1) is 0 Å². The van der Waals surface area contributed by atoms with Gasteiger partial charge in [-0.05, 0) is 45.0 Å². The smallest absolute Gasteiger partial charge is 0.251 e. The molecule has 1 amide bonds. The van der Waals surface area contributed by atoms with Crippen molar-refractivity contribution >= 4 is 15.9 Å². The Hall–Kier alpha value is -1.44. The zero-order valence-corrected chi connectivity index (χ0v) is 12.5. The minimum absolute atomic E-state index is 0.0812. The van der Waals surface area contributed by atoms with E-state index in [1.165, 1.54) is 12.1 Å². The summed E-state index contributed by atoms with van der Waals surface area (Å²) in [6.07, 6.45) is 0.679. The van der Waals surface area contributed by atoms with Crippen LogP contribution in [-0.2, 0) is 10.0 Å². The first-order valence-electron chi connectivity index (χ1n) is 6.47. The van der Waals surface area contributed by atoms with Gasteiger partial charge in [0.15, 0.2) is 0 Å². The number of carbonyl (C=O) groups is 1. The van der Waals surface area contributed by atoms with Gasteiger partial charge in [-0.25, -0.2) is 13.1 Å². The molecule has 0 bridgehead atoms. The average Bonchev–Trinajstić information content (AvgIpc) is 2.37. The molecule has 0 atom stereocenters. The van der Waals surface area contributed by atoms with E-state index in [1.807, 2.05) is 0 Å². The molecular weight excluding hydrogens is 278 g/mol. The summed E-state index contributed by atoms with van der Waals surface area (Å²) in [5, 5.41) is 2.69. The van der Waals surface area contributed by atoms with Crippen molar-refractivity contribution < 1.29 is 13.2 Å². The molecular formula is C13H21N3O3S. The first kappa shape index (κ1) is 16.6. The molecule has 4 N–H and O–H groups in total. The van der Waals surface area contributed by atoms with Gasteiger partial charge in [-0.2, -0.15) is 0 Å². The lowest BCUT2D eigenvalue weighted by Gasteiger charge is -2.10. The lowest BCUT2D eigenvalue weighted by Crippen LogP contribution is -2.30. The number of nitrogens with one attached hydrogen (secondary N) is 2. The fourth-order valence-corrected chi connectivity index (χ4v) is 2.89. The van der Waals surface area contributed by atoms with E-state index in [2.05, 4.69) is 10.0 Å². The Morgan fingerprint density at radius 1 is 1.35 bits per heavy atom. The van der Waals surface area contributed by atoms with E-state index in [1.54, 1.807) is 26.0 Å². The van der Waals surface area contributed by atoms with Crippen molar-refractivity contribution in [3.05, 3.63) is 29.8 Å². The first-order valence-corrected chi connectivity index (χ1v) is 7.96. The van der Waals surface area contributed by atoms with Crippen molar-refractivity contribution in [3.63, 3.8) is 0 Å². The van der Waals surface area contributed by atoms with E-state index >= 15 is 0 Å². The molecule has 1 rings (SSSR count). The molecule has 112 valence electrons. The quantitative estimate of drug-likeness (QED) is 0.636. The molecule has 0 saturated heterocycles. The predicted octanol–water partition coefficient (Wildman–Crippen LogP) is 0.452. The highest BCUT2D eigenvalue weighted by Gasteiger charge is 2.17. The Labute approximate surface area is 119 Å². The number of amides is 1. The van der Waals surface area contributed by atoms with Gasteiger partial charge in [0.1, 0.15) is 0 Å². The molecule has 20 heavy (non-hydrogen) atoms. The van der Waals surface area contributed by atoms with Gasteiger partial charge < -0.3 is 11.1 Å². The minimum Gasteiger partial charge on any atom is -0.352 e. The van der Waals surface area contributed by atoms with Crippen LogP contribution < -0.4 is 15.8 Å². The summed E-state index contributed by atoms with van der Waals surface area (Å²) >= 11 is 0. The van der Waals surface area contributed by atoms with Gasteiger partial charge in [0.25, 0.3) is 5.91 Å². The highest BCUT2D eigenvalue weighted by Crippen LogP contribution is 2.12. The van der Waals surface area contributed by atoms with Crippen molar-refractivity contribution in [2.45, 2.75) is 31.2 Å². The number of benzene rings is 1. The summed E-state index contributed by atoms with van der Waals surface area (Å²) in [5.74, 6) is -0.306. The van der Waals surface area contributed by atoms with Crippen LogP contribution in [0.3, 0.4) is 0 Å². The molecule has 0 aromatic heterocycles. The summed E-state index contributed by atoms with van der Waals surface area (Å²) in [7, 11) is -3.59. The van der Waals surface area contributed by atoms with Crippen LogP contribution >= 0.6 is 0 Å². The first-order chi connectivity index (χ1) is 9.36. The normalized spacial score (nSPS) is 11.6. The molecule has 0 heterocycles. The molecule has 0 spiro atoms. The number of nitrogens with two attached hydrogens (primary N) is 1. The Bertz CT molecular complexity index is 556. The Balaban J connectivity index is 2.88. The number of sulfonamides is 1. The van der Waals surface area contributed by atoms with E-state index in [-0.39, 0.29) is 16.8 Å². The molecule has 0 aliphatic carbocycles. The van der Waals surface area contributed by atoms with Crippen molar-refractivity contribution in [2.75, 3.05) is 13.1 Å². The highest BCUT2D eigenvalue weighted by molar-refractivity contribution is 7.89. The average molecular weight is 299 g/mol. The van der Waals surface area contributed by atoms with E-state index in [0.29, 0.717) is 25.1 Å². The largest absolute Gasteiger partial charge is 0.352 e. The van der Waals surface area contributed by atoms with Crippen LogP contribution in [0.2, 0.25) is 0 Å². The van der Waals surface area contributed by atoms with Crippen LogP contribution in [0.15, 0.2) is 29.2 Å². The molecule has 0 unspecified atom stereocenters. The maximum Gasteiger partial charge on any atom is 0.251 e. The van der Waals surface area contributed by atoms with Crippen molar-refractivity contribution in [1.29, 1.82) is 0 Å². The van der Waals surface area contributed by atoms with Gasteiger partial charge in [-0.1, -0.05) is 6.07 Å². The second-order valence-corrected chi connectivity index (χ2v) is 6.42. The SMILES string of the molecule is CC(C)NS(=O)(=O)c1cccc(C(=O)NCCCN)c1. The van der Waals surface area contributed by atoms with Crippen molar-refractivity contribution in [3.8, 4) is 0 Å². The molecule has 0 radical (unpaired) electrons. The van der Waals surface area contributed by atoms with Gasteiger partial charge >= 0.3 is 0 Å². The third-order valence-corrected chi connectivity index (χ3v) is 4.12. The number of hydrogen-bond donors (Lipinski definition) is 3. The van der Waals surface area contributed by atoms with Gasteiger partial charge in [-0.3, -0.25) is 4.79 Å². The van der Waals surface area contributed by atoms with Gasteiger partial charge in [0.05, 0.1) is 4.90 Å². The summed E-state index contributed by atoms with van der Waals surface area (Å²) < 4.78 is 26.5. The molecule has 1 aromatic carbocycles. The molecule has 0 aliphatic heterocycles. The van der Waals surface area contributed by atoms with Crippen LogP contribution in [0.4, 0.5) is 0 Å². The number of carbonyl (C=O) groups excluding carboxylic acids is 1. The number of rotatable bonds is 7. The summed E-state index contributed by atoms with van der Waals surface area (Å²) in [6.45, 7) is 4.44. The van der Waals surface area contributed by atoms with E-state index in [9.17, 15) is 13.2 Å². The summed E-state index contributed by atoms with van der Waals surface area (Å²) in [5.41, 5.74) is 5.66. The van der Waals surface area contributed by atoms with Crippen LogP contribution in [0.25, 0.3) is 0 Å². The predicted molar refractivity (Wildman–Crippen MR) is 77.9 cm³/mol. The van der Waals surface area contributed by atoms with Gasteiger partial charge in [-0.15, -0.1) is 0 Å². The number of hydrogen-bond acceptors (Lipinski definition) is 4. The minimum atomic E-state index is -3.59. The summed E-state index contributed by atoms with van der Waals surface area (Å²) in [6, 6.07) is 5.74. The lowest BCUT2D eigenvalue weighted by atomic mass is 10.2. The lowest BCUT2D eigenvalue weighted by molar-refractivity contribution is 0.0953. The zero-order valence-electron chi connectivity index (χ0n) is 11.7. The zero-order chi connectivity index (χ0) is 15.2. The Kier molecular flexibility index (Phi) is 6.12. The molecule has 6 nitrogen and oxygen atoms in total. The Morgan fingerprint density at radius 3 is 2.65 bits per heavy atom. The monoisotopic (exact) mass is 299 g/mol. The fourth-order valence-electron chi connectivity index (χ4n) is 1.59.